The minimum Gasteiger partial charge on any atom is -0.192 e. The number of hydrogen-bond donors (Lipinski definition) is 0. The molecule has 0 unspecified atom stereocenters. The molecule has 0 aliphatic heterocycles. The Kier molecular flexibility index (Phi) is 3.18. The summed E-state index contributed by atoms with van der Waals surface area (Å²) in [4.78, 5) is 0. The van der Waals surface area contributed by atoms with Crippen molar-refractivity contribution in [2.45, 2.75) is 0 Å². The molecule has 0 spiro atoms. The third-order valence-electron chi connectivity index (χ3n) is 4.00. The molecular weight excluding hydrogens is 402 g/mol. The summed E-state index contributed by atoms with van der Waals surface area (Å²) in [5.41, 5.74) is 0.677. The van der Waals surface area contributed by atoms with Gasteiger partial charge in [-0.2, -0.15) is 5.26 Å². The molecule has 4 aromatic rings. The molecule has 0 saturated carbocycles. The molecule has 104 valence electrons. The third kappa shape index (κ3) is 1.95. The first-order chi connectivity index (χ1) is 10.7. The van der Waals surface area contributed by atoms with Gasteiger partial charge in [0.05, 0.1) is 11.6 Å². The first-order valence-corrected chi connectivity index (χ1v) is 8.41. The number of fused-ring (bicyclic) bond motifs is 5. The quantitative estimate of drug-likeness (QED) is 0.302. The largest absolute Gasteiger partial charge is 0.192 e. The van der Waals surface area contributed by atoms with Crippen LogP contribution in [0, 0.1) is 11.3 Å². The normalized spacial score (nSPS) is 11.1. The zero-order chi connectivity index (χ0) is 15.3. The number of halogens is 2. The van der Waals surface area contributed by atoms with Gasteiger partial charge in [0.2, 0.25) is 0 Å². The Balaban J connectivity index is 2.32. The molecular formula is C19H9Br2N. The third-order valence-corrected chi connectivity index (χ3v) is 5.32. The second-order valence-electron chi connectivity index (χ2n) is 5.23. The van der Waals surface area contributed by atoms with E-state index in [4.69, 9.17) is 0 Å². The molecule has 0 radical (unpaired) electrons. The molecule has 1 nitrogen and oxygen atoms in total. The number of rotatable bonds is 0. The van der Waals surface area contributed by atoms with E-state index >= 15 is 0 Å². The lowest BCUT2D eigenvalue weighted by Gasteiger charge is -2.11. The van der Waals surface area contributed by atoms with Crippen LogP contribution in [0.3, 0.4) is 0 Å². The predicted molar refractivity (Wildman–Crippen MR) is 99.1 cm³/mol. The van der Waals surface area contributed by atoms with E-state index in [-0.39, 0.29) is 0 Å². The van der Waals surface area contributed by atoms with Gasteiger partial charge < -0.3 is 0 Å². The Morgan fingerprint density at radius 2 is 1.18 bits per heavy atom. The molecule has 0 bridgehead atoms. The molecule has 0 aromatic heterocycles. The summed E-state index contributed by atoms with van der Waals surface area (Å²) in [6.45, 7) is 0. The van der Waals surface area contributed by atoms with Gasteiger partial charge >= 0.3 is 0 Å². The van der Waals surface area contributed by atoms with Crippen LogP contribution in [0.5, 0.6) is 0 Å². The van der Waals surface area contributed by atoms with Crippen LogP contribution in [-0.4, -0.2) is 0 Å². The minimum atomic E-state index is 0.677. The van der Waals surface area contributed by atoms with E-state index in [9.17, 15) is 5.26 Å². The average Bonchev–Trinajstić information content (AvgIpc) is 2.56. The lowest BCUT2D eigenvalue weighted by molar-refractivity contribution is 1.50. The molecule has 3 heteroatoms. The molecule has 0 aliphatic carbocycles. The van der Waals surface area contributed by atoms with Crippen LogP contribution in [0.15, 0.2) is 63.5 Å². The summed E-state index contributed by atoms with van der Waals surface area (Å²) in [5.74, 6) is 0. The zero-order valence-electron chi connectivity index (χ0n) is 11.4. The summed E-state index contributed by atoms with van der Waals surface area (Å²) in [6, 6.07) is 20.7. The van der Waals surface area contributed by atoms with Gasteiger partial charge in [-0.15, -0.1) is 0 Å². The molecule has 0 aliphatic rings. The van der Waals surface area contributed by atoms with Gasteiger partial charge in [0.25, 0.3) is 0 Å². The van der Waals surface area contributed by atoms with E-state index in [2.05, 4.69) is 68.3 Å². The molecule has 4 rings (SSSR count). The maximum Gasteiger partial charge on any atom is 0.0991 e. The van der Waals surface area contributed by atoms with Crippen molar-refractivity contribution in [3.05, 3.63) is 69.1 Å². The van der Waals surface area contributed by atoms with Crippen LogP contribution in [0.1, 0.15) is 5.56 Å². The topological polar surface area (TPSA) is 23.8 Å². The van der Waals surface area contributed by atoms with Crippen LogP contribution >= 0.6 is 31.9 Å². The van der Waals surface area contributed by atoms with Crippen molar-refractivity contribution < 1.29 is 0 Å². The second-order valence-corrected chi connectivity index (χ2v) is 6.94. The van der Waals surface area contributed by atoms with Crippen molar-refractivity contribution >= 4 is 64.2 Å². The van der Waals surface area contributed by atoms with Crippen LogP contribution in [-0.2, 0) is 0 Å². The van der Waals surface area contributed by atoms with E-state index in [0.29, 0.717) is 5.56 Å². The summed E-state index contributed by atoms with van der Waals surface area (Å²) < 4.78 is 2.12. The van der Waals surface area contributed by atoms with E-state index < -0.39 is 0 Å². The fourth-order valence-corrected chi connectivity index (χ4v) is 4.13. The molecule has 0 fully saturated rings. The summed E-state index contributed by atoms with van der Waals surface area (Å²) in [5, 5.41) is 16.1. The summed E-state index contributed by atoms with van der Waals surface area (Å²) in [6.07, 6.45) is 0. The van der Waals surface area contributed by atoms with Crippen molar-refractivity contribution in [2.75, 3.05) is 0 Å². The SMILES string of the molecule is N#Cc1ccc2c(Br)cc3c4ccccc4c(Br)cc3c2c1. The first-order valence-electron chi connectivity index (χ1n) is 6.82. The van der Waals surface area contributed by atoms with E-state index in [1.807, 2.05) is 24.3 Å². The average molecular weight is 411 g/mol. The zero-order valence-corrected chi connectivity index (χ0v) is 14.6. The molecule has 0 saturated heterocycles. The van der Waals surface area contributed by atoms with Gasteiger partial charge in [-0.05, 0) is 56.6 Å². The van der Waals surface area contributed by atoms with Crippen LogP contribution in [0.4, 0.5) is 0 Å². The number of nitrogens with zero attached hydrogens (tertiary/aromatic N) is 1. The van der Waals surface area contributed by atoms with Crippen LogP contribution < -0.4 is 0 Å². The van der Waals surface area contributed by atoms with Crippen molar-refractivity contribution in [1.29, 1.82) is 5.26 Å². The van der Waals surface area contributed by atoms with Gasteiger partial charge in [-0.25, -0.2) is 0 Å². The Morgan fingerprint density at radius 3 is 1.86 bits per heavy atom. The summed E-state index contributed by atoms with van der Waals surface area (Å²) >= 11 is 7.36. The lowest BCUT2D eigenvalue weighted by atomic mass is 9.96. The maximum atomic E-state index is 9.19. The van der Waals surface area contributed by atoms with Crippen molar-refractivity contribution in [1.82, 2.24) is 0 Å². The molecule has 4 aromatic carbocycles. The fraction of sp³-hybridized carbons (Fsp3) is 0. The lowest BCUT2D eigenvalue weighted by Crippen LogP contribution is -1.85. The highest BCUT2D eigenvalue weighted by molar-refractivity contribution is 9.11. The van der Waals surface area contributed by atoms with E-state index in [1.165, 1.54) is 16.2 Å². The summed E-state index contributed by atoms with van der Waals surface area (Å²) in [7, 11) is 0. The fourth-order valence-electron chi connectivity index (χ4n) is 2.98. The van der Waals surface area contributed by atoms with Crippen molar-refractivity contribution in [3.63, 3.8) is 0 Å². The smallest absolute Gasteiger partial charge is 0.0991 e. The Bertz CT molecular complexity index is 1110. The highest BCUT2D eigenvalue weighted by Crippen LogP contribution is 2.39. The van der Waals surface area contributed by atoms with Crippen molar-refractivity contribution in [3.8, 4) is 6.07 Å². The number of nitriles is 1. The molecule has 0 heterocycles. The molecule has 0 N–H and O–H groups in total. The second kappa shape index (κ2) is 5.08. The Morgan fingerprint density at radius 1 is 0.636 bits per heavy atom. The van der Waals surface area contributed by atoms with Gasteiger partial charge in [0, 0.05) is 8.95 Å². The highest BCUT2D eigenvalue weighted by Gasteiger charge is 2.10. The molecule has 0 atom stereocenters. The minimum absolute atomic E-state index is 0.677. The Hall–Kier alpha value is -1.89. The van der Waals surface area contributed by atoms with E-state index in [0.717, 1.165) is 25.1 Å². The van der Waals surface area contributed by atoms with Gasteiger partial charge in [-0.1, -0.05) is 62.2 Å². The van der Waals surface area contributed by atoms with Gasteiger partial charge in [-0.3, -0.25) is 0 Å². The van der Waals surface area contributed by atoms with Crippen LogP contribution in [0.2, 0.25) is 0 Å². The first kappa shape index (κ1) is 13.8. The van der Waals surface area contributed by atoms with Gasteiger partial charge in [0.15, 0.2) is 0 Å². The highest BCUT2D eigenvalue weighted by atomic mass is 79.9. The maximum absolute atomic E-state index is 9.19. The van der Waals surface area contributed by atoms with Gasteiger partial charge in [0.1, 0.15) is 0 Å². The van der Waals surface area contributed by atoms with Crippen molar-refractivity contribution in [2.24, 2.45) is 0 Å². The van der Waals surface area contributed by atoms with Crippen LogP contribution in [0.25, 0.3) is 32.3 Å². The van der Waals surface area contributed by atoms with E-state index in [1.54, 1.807) is 0 Å². The number of hydrogen-bond acceptors (Lipinski definition) is 1. The predicted octanol–water partition coefficient (Wildman–Crippen LogP) is 6.54. The number of benzene rings is 4. The molecule has 0 amide bonds. The monoisotopic (exact) mass is 409 g/mol. The standard InChI is InChI=1S/C19H9Br2N/c20-18-9-17-15-7-11(10-22)5-6-14(15)19(21)8-16(17)12-3-1-2-4-13(12)18/h1-9H. The Labute approximate surface area is 144 Å². The molecule has 22 heavy (non-hydrogen) atoms.